The van der Waals surface area contributed by atoms with Crippen molar-refractivity contribution >= 4 is 11.8 Å². The van der Waals surface area contributed by atoms with Crippen molar-refractivity contribution in [2.45, 2.75) is 31.8 Å². The molecule has 2 fully saturated rings. The molecule has 0 aromatic heterocycles. The third-order valence-electron chi connectivity index (χ3n) is 3.47. The van der Waals surface area contributed by atoms with Gasteiger partial charge in [-0.1, -0.05) is 6.92 Å². The van der Waals surface area contributed by atoms with E-state index in [4.69, 9.17) is 0 Å². The van der Waals surface area contributed by atoms with Gasteiger partial charge in [-0.3, -0.25) is 9.59 Å². The Balaban J connectivity index is 2.02. The fourth-order valence-electron chi connectivity index (χ4n) is 2.54. The fourth-order valence-corrected chi connectivity index (χ4v) is 2.54. The van der Waals surface area contributed by atoms with Gasteiger partial charge in [-0.25, -0.2) is 0 Å². The number of hydrogen-bond acceptors (Lipinski definition) is 3. The van der Waals surface area contributed by atoms with Crippen molar-refractivity contribution in [1.82, 2.24) is 15.1 Å². The first kappa shape index (κ1) is 11.4. The van der Waals surface area contributed by atoms with E-state index in [9.17, 15) is 9.59 Å². The molecule has 0 aromatic rings. The van der Waals surface area contributed by atoms with Gasteiger partial charge in [-0.2, -0.15) is 0 Å². The van der Waals surface area contributed by atoms with Crippen molar-refractivity contribution < 1.29 is 9.59 Å². The van der Waals surface area contributed by atoms with E-state index in [0.717, 1.165) is 25.9 Å². The highest BCUT2D eigenvalue weighted by Gasteiger charge is 2.41. The molecule has 1 N–H and O–H groups in total. The van der Waals surface area contributed by atoms with E-state index in [1.165, 1.54) is 0 Å². The monoisotopic (exact) mass is 225 g/mol. The number of rotatable bonds is 3. The van der Waals surface area contributed by atoms with Gasteiger partial charge in [0.25, 0.3) is 0 Å². The maximum Gasteiger partial charge on any atom is 0.245 e. The second kappa shape index (κ2) is 4.41. The predicted octanol–water partition coefficient (Wildman–Crippen LogP) is -0.572. The van der Waals surface area contributed by atoms with Gasteiger partial charge in [-0.15, -0.1) is 0 Å². The van der Waals surface area contributed by atoms with Gasteiger partial charge in [0.05, 0.1) is 6.04 Å². The zero-order chi connectivity index (χ0) is 11.7. The van der Waals surface area contributed by atoms with E-state index >= 15 is 0 Å². The molecule has 0 aliphatic carbocycles. The van der Waals surface area contributed by atoms with Crippen LogP contribution in [0.4, 0.5) is 0 Å². The van der Waals surface area contributed by atoms with Crippen LogP contribution in [0.2, 0.25) is 0 Å². The molecule has 2 unspecified atom stereocenters. The molecule has 0 bridgehead atoms. The lowest BCUT2D eigenvalue weighted by Gasteiger charge is -2.22. The van der Waals surface area contributed by atoms with Crippen LogP contribution in [0, 0.1) is 0 Å². The summed E-state index contributed by atoms with van der Waals surface area (Å²) in [6, 6.07) is -0.287. The Bertz CT molecular complexity index is 306. The number of nitrogens with one attached hydrogen (secondary N) is 1. The largest absolute Gasteiger partial charge is 0.344 e. The lowest BCUT2D eigenvalue weighted by Crippen LogP contribution is -2.45. The molecule has 2 rings (SSSR count). The number of amides is 2. The minimum absolute atomic E-state index is 0.0799. The van der Waals surface area contributed by atoms with Crippen LogP contribution in [0.1, 0.15) is 19.8 Å². The molecule has 5 heteroatoms. The van der Waals surface area contributed by atoms with E-state index in [0.29, 0.717) is 6.54 Å². The van der Waals surface area contributed by atoms with Gasteiger partial charge in [0.15, 0.2) is 0 Å². The molecular weight excluding hydrogens is 206 g/mol. The lowest BCUT2D eigenvalue weighted by atomic mass is 10.2. The van der Waals surface area contributed by atoms with Crippen LogP contribution in [-0.2, 0) is 9.59 Å². The first-order valence-electron chi connectivity index (χ1n) is 5.94. The number of likely N-dealkylation sites (tertiary alicyclic amines) is 2. The SMILES string of the molecule is CCNC1CCN(C2CCN(C)C2=O)C1=O. The third-order valence-corrected chi connectivity index (χ3v) is 3.47. The van der Waals surface area contributed by atoms with Crippen molar-refractivity contribution in [1.29, 1.82) is 0 Å². The van der Waals surface area contributed by atoms with Crippen molar-refractivity contribution in [3.05, 3.63) is 0 Å². The zero-order valence-corrected chi connectivity index (χ0v) is 9.90. The number of nitrogens with zero attached hydrogens (tertiary/aromatic N) is 2. The summed E-state index contributed by atoms with van der Waals surface area (Å²) in [7, 11) is 1.80. The summed E-state index contributed by atoms with van der Waals surface area (Å²) in [6.07, 6.45) is 1.60. The summed E-state index contributed by atoms with van der Waals surface area (Å²) in [4.78, 5) is 27.3. The highest BCUT2D eigenvalue weighted by atomic mass is 16.2. The van der Waals surface area contributed by atoms with E-state index in [-0.39, 0.29) is 23.9 Å². The van der Waals surface area contributed by atoms with Crippen LogP contribution in [-0.4, -0.2) is 60.4 Å². The number of hydrogen-bond donors (Lipinski definition) is 1. The van der Waals surface area contributed by atoms with Crippen LogP contribution in [0.15, 0.2) is 0 Å². The minimum Gasteiger partial charge on any atom is -0.344 e. The van der Waals surface area contributed by atoms with E-state index in [1.807, 2.05) is 6.92 Å². The molecule has 2 atom stereocenters. The Morgan fingerprint density at radius 2 is 2.00 bits per heavy atom. The summed E-state index contributed by atoms with van der Waals surface area (Å²) in [5.41, 5.74) is 0. The Morgan fingerprint density at radius 1 is 1.25 bits per heavy atom. The molecular formula is C11H19N3O2. The molecule has 0 radical (unpaired) electrons. The van der Waals surface area contributed by atoms with E-state index < -0.39 is 0 Å². The zero-order valence-electron chi connectivity index (χ0n) is 9.90. The first-order valence-corrected chi connectivity index (χ1v) is 5.94. The first-order chi connectivity index (χ1) is 7.65. The van der Waals surface area contributed by atoms with Gasteiger partial charge >= 0.3 is 0 Å². The molecule has 2 aliphatic rings. The van der Waals surface area contributed by atoms with Gasteiger partial charge in [0.1, 0.15) is 6.04 Å². The van der Waals surface area contributed by atoms with E-state index in [2.05, 4.69) is 5.32 Å². The molecule has 2 heterocycles. The lowest BCUT2D eigenvalue weighted by molar-refractivity contribution is -0.139. The summed E-state index contributed by atoms with van der Waals surface area (Å²) in [6.45, 7) is 4.26. The standard InChI is InChI=1S/C11H19N3O2/c1-3-12-8-4-7-14(10(8)15)9-5-6-13(2)11(9)16/h8-9,12H,3-7H2,1-2H3. The second-order valence-corrected chi connectivity index (χ2v) is 4.49. The second-order valence-electron chi connectivity index (χ2n) is 4.49. The number of carbonyl (C=O) groups is 2. The Labute approximate surface area is 95.8 Å². The molecule has 0 spiro atoms. The number of likely N-dealkylation sites (N-methyl/N-ethyl adjacent to an activating group) is 2. The highest BCUT2D eigenvalue weighted by Crippen LogP contribution is 2.21. The van der Waals surface area contributed by atoms with Crippen molar-refractivity contribution in [3.8, 4) is 0 Å². The highest BCUT2D eigenvalue weighted by molar-refractivity contribution is 5.92. The summed E-state index contributed by atoms with van der Waals surface area (Å²) < 4.78 is 0. The van der Waals surface area contributed by atoms with Gasteiger partial charge in [0.2, 0.25) is 11.8 Å². The molecule has 2 amide bonds. The Kier molecular flexibility index (Phi) is 3.14. The summed E-state index contributed by atoms with van der Waals surface area (Å²) in [5, 5.41) is 3.16. The van der Waals surface area contributed by atoms with Crippen LogP contribution in [0.25, 0.3) is 0 Å². The van der Waals surface area contributed by atoms with Gasteiger partial charge < -0.3 is 15.1 Å². The van der Waals surface area contributed by atoms with Gasteiger partial charge in [-0.05, 0) is 19.4 Å². The van der Waals surface area contributed by atoms with Gasteiger partial charge in [0, 0.05) is 20.1 Å². The maximum atomic E-state index is 12.0. The molecule has 16 heavy (non-hydrogen) atoms. The number of carbonyl (C=O) groups excluding carboxylic acids is 2. The fraction of sp³-hybridized carbons (Fsp3) is 0.818. The van der Waals surface area contributed by atoms with Crippen LogP contribution in [0.5, 0.6) is 0 Å². The van der Waals surface area contributed by atoms with E-state index in [1.54, 1.807) is 16.8 Å². The maximum absolute atomic E-state index is 12.0. The Hall–Kier alpha value is -1.10. The third kappa shape index (κ3) is 1.80. The smallest absolute Gasteiger partial charge is 0.245 e. The van der Waals surface area contributed by atoms with Crippen molar-refractivity contribution in [2.75, 3.05) is 26.7 Å². The molecule has 2 aliphatic heterocycles. The Morgan fingerprint density at radius 3 is 2.56 bits per heavy atom. The van der Waals surface area contributed by atoms with Crippen LogP contribution in [0.3, 0.4) is 0 Å². The summed E-state index contributed by atoms with van der Waals surface area (Å²) in [5.74, 6) is 0.181. The predicted molar refractivity (Wildman–Crippen MR) is 59.8 cm³/mol. The molecule has 5 nitrogen and oxygen atoms in total. The molecule has 0 aromatic carbocycles. The normalized spacial score (nSPS) is 30.6. The minimum atomic E-state index is -0.207. The molecule has 0 saturated carbocycles. The van der Waals surface area contributed by atoms with Crippen LogP contribution >= 0.6 is 0 Å². The molecule has 2 saturated heterocycles. The average molecular weight is 225 g/mol. The summed E-state index contributed by atoms with van der Waals surface area (Å²) >= 11 is 0. The average Bonchev–Trinajstić information content (AvgIpc) is 2.76. The topological polar surface area (TPSA) is 52.6 Å². The van der Waals surface area contributed by atoms with Crippen molar-refractivity contribution in [3.63, 3.8) is 0 Å². The van der Waals surface area contributed by atoms with Crippen LogP contribution < -0.4 is 5.32 Å². The van der Waals surface area contributed by atoms with Crippen molar-refractivity contribution in [2.24, 2.45) is 0 Å². The quantitative estimate of drug-likeness (QED) is 0.699. The molecule has 90 valence electrons.